The number of carbonyl (C=O) groups is 2. The van der Waals surface area contributed by atoms with Crippen molar-refractivity contribution in [3.05, 3.63) is 6.42 Å². The van der Waals surface area contributed by atoms with Gasteiger partial charge in [-0.05, 0) is 13.8 Å². The van der Waals surface area contributed by atoms with Gasteiger partial charge in [-0.15, -0.1) is 0 Å². The van der Waals surface area contributed by atoms with E-state index in [4.69, 9.17) is 4.84 Å². The molecular weight excluding hydrogens is 169 g/mol. The summed E-state index contributed by atoms with van der Waals surface area (Å²) in [6.45, 7) is 3.53. The van der Waals surface area contributed by atoms with E-state index >= 15 is 0 Å². The molecule has 0 aliphatic carbocycles. The van der Waals surface area contributed by atoms with Crippen LogP contribution in [0.2, 0.25) is 0 Å². The predicted molar refractivity (Wildman–Crippen MR) is 37.0 cm³/mol. The van der Waals surface area contributed by atoms with E-state index in [0.29, 0.717) is 0 Å². The summed E-state index contributed by atoms with van der Waals surface area (Å²) in [6, 6.07) is 0. The standard InChI is InChI=1S/C7H10NO3.Na/c1-5(2)11-8-6(9)3-4-7(8)10;/h3,5H,4H2,1-2H3;/q-1;+1. The molecule has 0 N–H and O–H groups in total. The molecule has 1 rings (SSSR count). The third kappa shape index (κ3) is 2.79. The molecule has 0 bridgehead atoms. The van der Waals surface area contributed by atoms with Crippen molar-refractivity contribution in [3.63, 3.8) is 0 Å². The van der Waals surface area contributed by atoms with E-state index in [9.17, 15) is 9.59 Å². The fraction of sp³-hybridized carbons (Fsp3) is 0.571. The van der Waals surface area contributed by atoms with Crippen LogP contribution in [-0.2, 0) is 14.4 Å². The second-order valence-corrected chi connectivity index (χ2v) is 2.59. The van der Waals surface area contributed by atoms with Crippen LogP contribution in [0, 0.1) is 6.42 Å². The van der Waals surface area contributed by atoms with Crippen LogP contribution in [0.25, 0.3) is 0 Å². The summed E-state index contributed by atoms with van der Waals surface area (Å²) in [5.41, 5.74) is 0. The van der Waals surface area contributed by atoms with Crippen molar-refractivity contribution in [1.29, 1.82) is 0 Å². The van der Waals surface area contributed by atoms with E-state index in [1.165, 1.54) is 6.42 Å². The second kappa shape index (κ2) is 4.87. The molecular formula is C7H10NNaO3. The third-order valence-corrected chi connectivity index (χ3v) is 1.19. The summed E-state index contributed by atoms with van der Waals surface area (Å²) in [5.74, 6) is -0.646. The molecule has 12 heavy (non-hydrogen) atoms. The minimum absolute atomic E-state index is 0. The Balaban J connectivity index is 0.00000121. The summed E-state index contributed by atoms with van der Waals surface area (Å²) in [4.78, 5) is 26.7. The molecule has 1 heterocycles. The first-order valence-corrected chi connectivity index (χ1v) is 3.48. The van der Waals surface area contributed by atoms with Crippen molar-refractivity contribution in [3.8, 4) is 0 Å². The molecule has 0 saturated carbocycles. The summed E-state index contributed by atoms with van der Waals surface area (Å²) < 4.78 is 0. The van der Waals surface area contributed by atoms with Gasteiger partial charge in [0.1, 0.15) is 5.91 Å². The van der Waals surface area contributed by atoms with Crippen LogP contribution in [0.1, 0.15) is 20.3 Å². The molecule has 1 fully saturated rings. The molecule has 1 saturated heterocycles. The molecule has 0 atom stereocenters. The molecule has 0 aromatic rings. The first kappa shape index (κ1) is 12.0. The molecule has 0 spiro atoms. The fourth-order valence-electron chi connectivity index (χ4n) is 0.785. The van der Waals surface area contributed by atoms with Crippen LogP contribution in [-0.4, -0.2) is 23.0 Å². The summed E-state index contributed by atoms with van der Waals surface area (Å²) in [6.07, 6.45) is 1.32. The van der Waals surface area contributed by atoms with E-state index in [0.717, 1.165) is 5.06 Å². The predicted octanol–water partition coefficient (Wildman–Crippen LogP) is -2.71. The van der Waals surface area contributed by atoms with Gasteiger partial charge in [0.05, 0.1) is 6.10 Å². The Morgan fingerprint density at radius 3 is 2.42 bits per heavy atom. The number of amides is 2. The van der Waals surface area contributed by atoms with E-state index in [2.05, 4.69) is 0 Å². The zero-order valence-corrected chi connectivity index (χ0v) is 9.53. The van der Waals surface area contributed by atoms with Crippen LogP contribution < -0.4 is 29.6 Å². The summed E-state index contributed by atoms with van der Waals surface area (Å²) in [5, 5.41) is 0.810. The summed E-state index contributed by atoms with van der Waals surface area (Å²) in [7, 11) is 0. The van der Waals surface area contributed by atoms with Crippen molar-refractivity contribution < 1.29 is 44.0 Å². The number of hydrogen-bond acceptors (Lipinski definition) is 3. The van der Waals surface area contributed by atoms with Crippen LogP contribution in [0.3, 0.4) is 0 Å². The van der Waals surface area contributed by atoms with Gasteiger partial charge in [0.15, 0.2) is 0 Å². The minimum atomic E-state index is -0.358. The average molecular weight is 179 g/mol. The Morgan fingerprint density at radius 1 is 1.50 bits per heavy atom. The average Bonchev–Trinajstić information content (AvgIpc) is 2.18. The quantitative estimate of drug-likeness (QED) is 0.263. The Bertz CT molecular complexity index is 177. The Morgan fingerprint density at radius 2 is 2.08 bits per heavy atom. The first-order valence-electron chi connectivity index (χ1n) is 3.48. The van der Waals surface area contributed by atoms with Gasteiger partial charge in [0.25, 0.3) is 0 Å². The zero-order chi connectivity index (χ0) is 8.43. The molecule has 62 valence electrons. The van der Waals surface area contributed by atoms with E-state index < -0.39 is 0 Å². The summed E-state index contributed by atoms with van der Waals surface area (Å²) >= 11 is 0. The van der Waals surface area contributed by atoms with Crippen LogP contribution in [0.5, 0.6) is 0 Å². The van der Waals surface area contributed by atoms with Gasteiger partial charge >= 0.3 is 29.6 Å². The van der Waals surface area contributed by atoms with Gasteiger partial charge in [-0.1, -0.05) is 6.42 Å². The molecule has 1 aliphatic heterocycles. The van der Waals surface area contributed by atoms with Crippen molar-refractivity contribution in [2.45, 2.75) is 26.4 Å². The number of nitrogens with zero attached hydrogens (tertiary/aromatic N) is 1. The molecule has 5 heteroatoms. The van der Waals surface area contributed by atoms with Crippen LogP contribution in [0.15, 0.2) is 0 Å². The van der Waals surface area contributed by atoms with Gasteiger partial charge in [-0.3, -0.25) is 16.1 Å². The number of imide groups is 1. The number of hydroxylamine groups is 2. The Hall–Kier alpha value is -0.0300. The van der Waals surface area contributed by atoms with E-state index in [1.54, 1.807) is 13.8 Å². The van der Waals surface area contributed by atoms with E-state index in [1.807, 2.05) is 0 Å². The smallest absolute Gasteiger partial charge is 0.308 e. The van der Waals surface area contributed by atoms with Crippen molar-refractivity contribution in [2.24, 2.45) is 0 Å². The van der Waals surface area contributed by atoms with Gasteiger partial charge < -0.3 is 4.79 Å². The molecule has 1 aliphatic rings. The monoisotopic (exact) mass is 179 g/mol. The fourth-order valence-corrected chi connectivity index (χ4v) is 0.785. The normalized spacial score (nSPS) is 16.4. The molecule has 0 radical (unpaired) electrons. The second-order valence-electron chi connectivity index (χ2n) is 2.59. The van der Waals surface area contributed by atoms with Crippen molar-refractivity contribution in [1.82, 2.24) is 5.06 Å². The molecule has 2 amide bonds. The molecule has 4 nitrogen and oxygen atoms in total. The van der Waals surface area contributed by atoms with Crippen LogP contribution >= 0.6 is 0 Å². The maximum Gasteiger partial charge on any atom is 1.00 e. The van der Waals surface area contributed by atoms with Gasteiger partial charge in [-0.2, -0.15) is 5.06 Å². The third-order valence-electron chi connectivity index (χ3n) is 1.19. The zero-order valence-electron chi connectivity index (χ0n) is 7.53. The largest absolute Gasteiger partial charge is 1.00 e. The number of hydrogen-bond donors (Lipinski definition) is 0. The van der Waals surface area contributed by atoms with Gasteiger partial charge in [0, 0.05) is 0 Å². The first-order chi connectivity index (χ1) is 5.11. The van der Waals surface area contributed by atoms with Crippen LogP contribution in [0.4, 0.5) is 0 Å². The van der Waals surface area contributed by atoms with E-state index in [-0.39, 0.29) is 53.9 Å². The maximum absolute atomic E-state index is 10.9. The Kier molecular flexibility index (Phi) is 4.85. The van der Waals surface area contributed by atoms with Crippen molar-refractivity contribution >= 4 is 11.8 Å². The molecule has 0 unspecified atom stereocenters. The number of rotatable bonds is 2. The van der Waals surface area contributed by atoms with Crippen molar-refractivity contribution in [2.75, 3.05) is 0 Å². The SMILES string of the molecule is CC(C)ON1C(=O)[CH-]CC1=O.[Na+]. The number of carbonyl (C=O) groups excluding carboxylic acids is 2. The van der Waals surface area contributed by atoms with Gasteiger partial charge in [-0.25, -0.2) is 0 Å². The topological polar surface area (TPSA) is 46.6 Å². The molecule has 0 aromatic heterocycles. The Labute approximate surface area is 93.5 Å². The maximum atomic E-state index is 10.9. The minimum Gasteiger partial charge on any atom is -0.308 e. The molecule has 0 aromatic carbocycles. The van der Waals surface area contributed by atoms with Gasteiger partial charge in [0.2, 0.25) is 5.91 Å².